The van der Waals surface area contributed by atoms with Crippen LogP contribution in [0.3, 0.4) is 0 Å². The van der Waals surface area contributed by atoms with Crippen LogP contribution in [0.25, 0.3) is 11.4 Å². The Kier molecular flexibility index (Phi) is 5.79. The minimum Gasteiger partial charge on any atom is -0.339 e. The Hall–Kier alpha value is -3.24. The van der Waals surface area contributed by atoms with Crippen LogP contribution in [0.5, 0.6) is 0 Å². The van der Waals surface area contributed by atoms with Gasteiger partial charge in [0, 0.05) is 24.1 Å². The van der Waals surface area contributed by atoms with Gasteiger partial charge < -0.3 is 9.84 Å². The Balaban J connectivity index is 1.50. The Morgan fingerprint density at radius 2 is 2.04 bits per heavy atom. The summed E-state index contributed by atoms with van der Waals surface area (Å²) >= 11 is 5.94. The molecule has 0 aliphatic heterocycles. The van der Waals surface area contributed by atoms with Crippen LogP contribution >= 0.6 is 11.6 Å². The molecule has 3 aromatic rings. The zero-order valence-corrected chi connectivity index (χ0v) is 14.8. The predicted molar refractivity (Wildman–Crippen MR) is 97.4 cm³/mol. The average Bonchev–Trinajstić information content (AvgIpc) is 3.11. The molecule has 27 heavy (non-hydrogen) atoms. The maximum Gasteiger partial charge on any atom is 0.226 e. The van der Waals surface area contributed by atoms with Gasteiger partial charge in [0.05, 0.1) is 10.6 Å². The van der Waals surface area contributed by atoms with E-state index in [1.54, 1.807) is 24.3 Å². The van der Waals surface area contributed by atoms with E-state index in [4.69, 9.17) is 21.4 Å². The van der Waals surface area contributed by atoms with Crippen LogP contribution in [0.4, 0.5) is 10.1 Å². The third kappa shape index (κ3) is 4.90. The summed E-state index contributed by atoms with van der Waals surface area (Å²) in [5.41, 5.74) is 1.53. The normalized spacial score (nSPS) is 10.4. The van der Waals surface area contributed by atoms with Crippen molar-refractivity contribution in [3.8, 4) is 17.5 Å². The van der Waals surface area contributed by atoms with Gasteiger partial charge in [-0.1, -0.05) is 16.8 Å². The number of nitrogens with zero attached hydrogens (tertiary/aromatic N) is 3. The Morgan fingerprint density at radius 1 is 1.26 bits per heavy atom. The van der Waals surface area contributed by atoms with Gasteiger partial charge in [-0.05, 0) is 48.9 Å². The lowest BCUT2D eigenvalue weighted by molar-refractivity contribution is -0.116. The van der Waals surface area contributed by atoms with E-state index in [1.165, 1.54) is 18.2 Å². The fraction of sp³-hybridized carbons (Fsp3) is 0.158. The molecule has 6 nitrogen and oxygen atoms in total. The second-order valence-corrected chi connectivity index (χ2v) is 6.13. The number of aryl methyl sites for hydroxylation is 1. The number of carbonyl (C=O) groups excluding carboxylic acids is 1. The largest absolute Gasteiger partial charge is 0.339 e. The smallest absolute Gasteiger partial charge is 0.226 e. The van der Waals surface area contributed by atoms with Crippen LogP contribution in [0.1, 0.15) is 24.3 Å². The molecule has 1 amide bonds. The van der Waals surface area contributed by atoms with Gasteiger partial charge in [-0.2, -0.15) is 10.2 Å². The highest BCUT2D eigenvalue weighted by molar-refractivity contribution is 6.32. The summed E-state index contributed by atoms with van der Waals surface area (Å²) in [6.45, 7) is 0. The molecule has 1 aromatic heterocycles. The van der Waals surface area contributed by atoms with Crippen molar-refractivity contribution in [2.75, 3.05) is 5.32 Å². The molecule has 0 fully saturated rings. The standard InChI is InChI=1S/C19H14ClFN4O2/c20-16-10-15(9-6-13(16)11-22)23-17(26)2-1-3-18-24-19(25-27-18)12-4-7-14(21)8-5-12/h4-10H,1-3H2,(H,23,26). The van der Waals surface area contributed by atoms with E-state index in [9.17, 15) is 9.18 Å². The molecule has 1 heterocycles. The molecular weight excluding hydrogens is 371 g/mol. The lowest BCUT2D eigenvalue weighted by Gasteiger charge is -2.05. The quantitative estimate of drug-likeness (QED) is 0.681. The van der Waals surface area contributed by atoms with Crippen molar-refractivity contribution in [3.63, 3.8) is 0 Å². The Bertz CT molecular complexity index is 996. The van der Waals surface area contributed by atoms with Crippen LogP contribution < -0.4 is 5.32 Å². The van der Waals surface area contributed by atoms with Crippen LogP contribution in [-0.4, -0.2) is 16.0 Å². The van der Waals surface area contributed by atoms with Gasteiger partial charge in [-0.25, -0.2) is 4.39 Å². The van der Waals surface area contributed by atoms with E-state index >= 15 is 0 Å². The van der Waals surface area contributed by atoms with Gasteiger partial charge in [0.2, 0.25) is 17.6 Å². The van der Waals surface area contributed by atoms with Crippen LogP contribution in [0, 0.1) is 17.1 Å². The maximum absolute atomic E-state index is 12.9. The van der Waals surface area contributed by atoms with Gasteiger partial charge in [-0.15, -0.1) is 0 Å². The third-order valence-corrected chi connectivity index (χ3v) is 4.05. The SMILES string of the molecule is N#Cc1ccc(NC(=O)CCCc2nc(-c3ccc(F)cc3)no2)cc1Cl. The molecule has 0 aliphatic rings. The van der Waals surface area contributed by atoms with E-state index in [0.717, 1.165) is 0 Å². The summed E-state index contributed by atoms with van der Waals surface area (Å²) < 4.78 is 18.1. The molecule has 136 valence electrons. The van der Waals surface area contributed by atoms with Gasteiger partial charge >= 0.3 is 0 Å². The number of amides is 1. The predicted octanol–water partition coefficient (Wildman–Crippen LogP) is 4.36. The molecule has 8 heteroatoms. The summed E-state index contributed by atoms with van der Waals surface area (Å²) in [6, 6.07) is 12.4. The molecule has 3 rings (SSSR count). The number of rotatable bonds is 6. The summed E-state index contributed by atoms with van der Waals surface area (Å²) in [5.74, 6) is 0.260. The van der Waals surface area contributed by atoms with Crippen molar-refractivity contribution in [3.05, 3.63) is 64.8 Å². The van der Waals surface area contributed by atoms with Gasteiger partial charge in [0.1, 0.15) is 11.9 Å². The minimum absolute atomic E-state index is 0.186. The van der Waals surface area contributed by atoms with Crippen molar-refractivity contribution in [2.45, 2.75) is 19.3 Å². The highest BCUT2D eigenvalue weighted by atomic mass is 35.5. The minimum atomic E-state index is -0.336. The van der Waals surface area contributed by atoms with E-state index in [0.29, 0.717) is 41.4 Å². The fourth-order valence-corrected chi connectivity index (χ4v) is 2.60. The highest BCUT2D eigenvalue weighted by Gasteiger charge is 2.10. The first-order valence-electron chi connectivity index (χ1n) is 8.13. The summed E-state index contributed by atoms with van der Waals surface area (Å²) in [7, 11) is 0. The number of nitrogens with one attached hydrogen (secondary N) is 1. The zero-order chi connectivity index (χ0) is 19.2. The average molecular weight is 385 g/mol. The molecule has 1 N–H and O–H groups in total. The number of carbonyl (C=O) groups is 1. The topological polar surface area (TPSA) is 91.8 Å². The summed E-state index contributed by atoms with van der Waals surface area (Å²) in [4.78, 5) is 16.2. The second-order valence-electron chi connectivity index (χ2n) is 5.73. The molecule has 0 bridgehead atoms. The van der Waals surface area contributed by atoms with E-state index in [-0.39, 0.29) is 23.2 Å². The number of aromatic nitrogens is 2. The number of hydrogen-bond donors (Lipinski definition) is 1. The van der Waals surface area contributed by atoms with Crippen molar-refractivity contribution in [2.24, 2.45) is 0 Å². The Labute approximate surface area is 159 Å². The molecule has 0 saturated carbocycles. The number of benzene rings is 2. The van der Waals surface area contributed by atoms with Gasteiger partial charge in [0.25, 0.3) is 0 Å². The first-order chi connectivity index (χ1) is 13.0. The number of nitriles is 1. The fourth-order valence-electron chi connectivity index (χ4n) is 2.38. The number of anilines is 1. The van der Waals surface area contributed by atoms with Crippen LogP contribution in [0.2, 0.25) is 5.02 Å². The first kappa shape index (κ1) is 18.5. The zero-order valence-electron chi connectivity index (χ0n) is 14.1. The van der Waals surface area contributed by atoms with Crippen molar-refractivity contribution >= 4 is 23.2 Å². The molecule has 0 saturated heterocycles. The van der Waals surface area contributed by atoms with Gasteiger partial charge in [-0.3, -0.25) is 4.79 Å². The maximum atomic E-state index is 12.9. The summed E-state index contributed by atoms with van der Waals surface area (Å²) in [6.07, 6.45) is 1.21. The van der Waals surface area contributed by atoms with Crippen molar-refractivity contribution in [1.82, 2.24) is 10.1 Å². The van der Waals surface area contributed by atoms with E-state index in [1.807, 2.05) is 6.07 Å². The monoisotopic (exact) mass is 384 g/mol. The van der Waals surface area contributed by atoms with Crippen molar-refractivity contribution < 1.29 is 13.7 Å². The molecule has 0 spiro atoms. The number of hydrogen-bond acceptors (Lipinski definition) is 5. The van der Waals surface area contributed by atoms with Crippen molar-refractivity contribution in [1.29, 1.82) is 5.26 Å². The van der Waals surface area contributed by atoms with E-state index in [2.05, 4.69) is 15.5 Å². The molecular formula is C19H14ClFN4O2. The van der Waals surface area contributed by atoms with Crippen LogP contribution in [-0.2, 0) is 11.2 Å². The summed E-state index contributed by atoms with van der Waals surface area (Å²) in [5, 5.41) is 15.7. The molecule has 0 aliphatic carbocycles. The first-order valence-corrected chi connectivity index (χ1v) is 8.51. The number of halogens is 2. The molecule has 0 radical (unpaired) electrons. The third-order valence-electron chi connectivity index (χ3n) is 3.74. The highest BCUT2D eigenvalue weighted by Crippen LogP contribution is 2.21. The van der Waals surface area contributed by atoms with Crippen LogP contribution in [0.15, 0.2) is 47.0 Å². The molecule has 2 aromatic carbocycles. The van der Waals surface area contributed by atoms with Gasteiger partial charge in [0.15, 0.2) is 0 Å². The molecule has 0 atom stereocenters. The van der Waals surface area contributed by atoms with E-state index < -0.39 is 0 Å². The Morgan fingerprint density at radius 3 is 2.74 bits per heavy atom. The molecule has 0 unspecified atom stereocenters. The lowest BCUT2D eigenvalue weighted by Crippen LogP contribution is -2.11. The lowest BCUT2D eigenvalue weighted by atomic mass is 10.2. The second kappa shape index (κ2) is 8.43.